The molecule has 5 nitrogen and oxygen atoms in total. The molecule has 136 valence electrons. The maximum atomic E-state index is 12.7. The van der Waals surface area contributed by atoms with Crippen molar-refractivity contribution < 1.29 is 4.79 Å². The Hall–Kier alpha value is -2.11. The van der Waals surface area contributed by atoms with E-state index < -0.39 is 0 Å². The van der Waals surface area contributed by atoms with Gasteiger partial charge in [0.2, 0.25) is 0 Å². The lowest BCUT2D eigenvalue weighted by Crippen LogP contribution is -2.36. The van der Waals surface area contributed by atoms with Gasteiger partial charge >= 0.3 is 0 Å². The second-order valence-corrected chi connectivity index (χ2v) is 7.84. The van der Waals surface area contributed by atoms with Gasteiger partial charge in [0.15, 0.2) is 5.65 Å². The molecule has 0 atom stereocenters. The zero-order valence-corrected chi connectivity index (χ0v) is 16.6. The Balaban J connectivity index is 1.81. The Kier molecular flexibility index (Phi) is 4.95. The molecule has 0 saturated carbocycles. The lowest BCUT2D eigenvalue weighted by Gasteiger charge is -2.26. The number of nitrogens with one attached hydrogen (secondary N) is 1. The lowest BCUT2D eigenvalue weighted by atomic mass is 9.84. The van der Waals surface area contributed by atoms with E-state index in [4.69, 9.17) is 23.2 Å². The van der Waals surface area contributed by atoms with Crippen LogP contribution in [0.25, 0.3) is 5.65 Å². The van der Waals surface area contributed by atoms with Crippen molar-refractivity contribution in [1.82, 2.24) is 19.9 Å². The van der Waals surface area contributed by atoms with Crippen LogP contribution in [0.15, 0.2) is 30.5 Å². The smallest absolute Gasteiger partial charge is 0.256 e. The molecule has 2 heterocycles. The fourth-order valence-electron chi connectivity index (χ4n) is 2.85. The van der Waals surface area contributed by atoms with E-state index in [9.17, 15) is 4.79 Å². The molecule has 1 aromatic carbocycles. The Morgan fingerprint density at radius 3 is 2.62 bits per heavy atom. The molecule has 1 N–H and O–H groups in total. The SMILES string of the molecule is Cc1cc(C)n2ncc(C(=O)NCC(C)(C)c3ccc(Cl)c(Cl)c3)c2n1. The minimum absolute atomic E-state index is 0.203. The third-order valence-corrected chi connectivity index (χ3v) is 5.15. The zero-order valence-electron chi connectivity index (χ0n) is 15.1. The quantitative estimate of drug-likeness (QED) is 0.719. The molecule has 2 aromatic heterocycles. The normalized spacial score (nSPS) is 11.8. The van der Waals surface area contributed by atoms with Gasteiger partial charge < -0.3 is 5.32 Å². The zero-order chi connectivity index (χ0) is 19.1. The fourth-order valence-corrected chi connectivity index (χ4v) is 3.14. The van der Waals surface area contributed by atoms with Gasteiger partial charge in [0, 0.05) is 23.3 Å². The van der Waals surface area contributed by atoms with E-state index in [1.54, 1.807) is 16.8 Å². The van der Waals surface area contributed by atoms with Crippen molar-refractivity contribution in [3.63, 3.8) is 0 Å². The van der Waals surface area contributed by atoms with Crippen molar-refractivity contribution in [3.8, 4) is 0 Å². The number of hydrogen-bond donors (Lipinski definition) is 1. The summed E-state index contributed by atoms with van der Waals surface area (Å²) in [7, 11) is 0. The average Bonchev–Trinajstić information content (AvgIpc) is 2.99. The third-order valence-electron chi connectivity index (χ3n) is 4.41. The van der Waals surface area contributed by atoms with Gasteiger partial charge in [-0.1, -0.05) is 43.1 Å². The molecule has 26 heavy (non-hydrogen) atoms. The van der Waals surface area contributed by atoms with Crippen LogP contribution in [-0.4, -0.2) is 27.0 Å². The molecule has 0 saturated heterocycles. The summed E-state index contributed by atoms with van der Waals surface area (Å²) in [5.41, 5.74) is 3.49. The standard InChI is InChI=1S/C19H20Cl2N4O/c1-11-7-12(2)25-17(24-11)14(9-23-25)18(26)22-10-19(3,4)13-5-6-15(20)16(21)8-13/h5-9H,10H2,1-4H3,(H,22,26). The van der Waals surface area contributed by atoms with E-state index >= 15 is 0 Å². The first kappa shape index (κ1) is 18.7. The predicted octanol–water partition coefficient (Wildman–Crippen LogP) is 4.36. The number of benzene rings is 1. The summed E-state index contributed by atoms with van der Waals surface area (Å²) >= 11 is 12.1. The summed E-state index contributed by atoms with van der Waals surface area (Å²) in [4.78, 5) is 17.1. The molecule has 7 heteroatoms. The maximum Gasteiger partial charge on any atom is 0.256 e. The summed E-state index contributed by atoms with van der Waals surface area (Å²) < 4.78 is 1.67. The molecule has 0 unspecified atom stereocenters. The number of aryl methyl sites for hydroxylation is 2. The van der Waals surface area contributed by atoms with Crippen LogP contribution in [0.3, 0.4) is 0 Å². The van der Waals surface area contributed by atoms with Crippen LogP contribution < -0.4 is 5.32 Å². The van der Waals surface area contributed by atoms with Crippen LogP contribution in [0.5, 0.6) is 0 Å². The van der Waals surface area contributed by atoms with E-state index in [0.29, 0.717) is 27.8 Å². The van der Waals surface area contributed by atoms with E-state index in [0.717, 1.165) is 17.0 Å². The number of carbonyl (C=O) groups excluding carboxylic acids is 1. The van der Waals surface area contributed by atoms with Gasteiger partial charge in [0.25, 0.3) is 5.91 Å². The van der Waals surface area contributed by atoms with E-state index in [1.807, 2.05) is 45.9 Å². The lowest BCUT2D eigenvalue weighted by molar-refractivity contribution is 0.0947. The highest BCUT2D eigenvalue weighted by atomic mass is 35.5. The van der Waals surface area contributed by atoms with Gasteiger partial charge in [-0.2, -0.15) is 5.10 Å². The topological polar surface area (TPSA) is 59.3 Å². The monoisotopic (exact) mass is 390 g/mol. The molecule has 0 aliphatic rings. The van der Waals surface area contributed by atoms with E-state index in [2.05, 4.69) is 15.4 Å². The Morgan fingerprint density at radius 1 is 1.19 bits per heavy atom. The molecule has 0 fully saturated rings. The molecule has 0 spiro atoms. The van der Waals surface area contributed by atoms with Crippen molar-refractivity contribution in [3.05, 3.63) is 63.0 Å². The van der Waals surface area contributed by atoms with E-state index in [1.165, 1.54) is 0 Å². The third kappa shape index (κ3) is 3.55. The van der Waals surface area contributed by atoms with Crippen LogP contribution in [0.2, 0.25) is 10.0 Å². The summed E-state index contributed by atoms with van der Waals surface area (Å²) in [6, 6.07) is 7.45. The molecular weight excluding hydrogens is 371 g/mol. The molecular formula is C19H20Cl2N4O. The number of fused-ring (bicyclic) bond motifs is 1. The first-order chi connectivity index (χ1) is 12.2. The Morgan fingerprint density at radius 2 is 1.92 bits per heavy atom. The van der Waals surface area contributed by atoms with Gasteiger partial charge in [0.1, 0.15) is 5.56 Å². The number of rotatable bonds is 4. The first-order valence-electron chi connectivity index (χ1n) is 8.25. The van der Waals surface area contributed by atoms with Crippen molar-refractivity contribution in [1.29, 1.82) is 0 Å². The van der Waals surface area contributed by atoms with Crippen LogP contribution in [-0.2, 0) is 5.41 Å². The number of hydrogen-bond acceptors (Lipinski definition) is 3. The Labute approximate surface area is 162 Å². The number of nitrogens with zero attached hydrogens (tertiary/aromatic N) is 3. The van der Waals surface area contributed by atoms with Gasteiger partial charge in [-0.25, -0.2) is 9.50 Å². The second-order valence-electron chi connectivity index (χ2n) is 7.03. The molecule has 0 radical (unpaired) electrons. The molecule has 3 aromatic rings. The van der Waals surface area contributed by atoms with Gasteiger partial charge in [-0.3, -0.25) is 4.79 Å². The fraction of sp³-hybridized carbons (Fsp3) is 0.316. The molecule has 3 rings (SSSR count). The first-order valence-corrected chi connectivity index (χ1v) is 9.00. The highest BCUT2D eigenvalue weighted by molar-refractivity contribution is 6.42. The van der Waals surface area contributed by atoms with E-state index in [-0.39, 0.29) is 11.3 Å². The van der Waals surface area contributed by atoms with Crippen molar-refractivity contribution in [2.24, 2.45) is 0 Å². The molecule has 0 aliphatic carbocycles. The highest BCUT2D eigenvalue weighted by Gasteiger charge is 2.24. The van der Waals surface area contributed by atoms with Crippen LogP contribution in [0, 0.1) is 13.8 Å². The van der Waals surface area contributed by atoms with Gasteiger partial charge in [-0.05, 0) is 37.6 Å². The highest BCUT2D eigenvalue weighted by Crippen LogP contribution is 2.29. The van der Waals surface area contributed by atoms with Crippen molar-refractivity contribution in [2.45, 2.75) is 33.1 Å². The average molecular weight is 391 g/mol. The predicted molar refractivity (Wildman–Crippen MR) is 104 cm³/mol. The molecule has 0 aliphatic heterocycles. The largest absolute Gasteiger partial charge is 0.351 e. The summed E-state index contributed by atoms with van der Waals surface area (Å²) in [6.07, 6.45) is 1.55. The second kappa shape index (κ2) is 6.89. The van der Waals surface area contributed by atoms with Crippen LogP contribution >= 0.6 is 23.2 Å². The number of carbonyl (C=O) groups is 1. The summed E-state index contributed by atoms with van der Waals surface area (Å²) in [5, 5.41) is 8.26. The number of amides is 1. The van der Waals surface area contributed by atoms with Crippen molar-refractivity contribution >= 4 is 34.8 Å². The van der Waals surface area contributed by atoms with Gasteiger partial charge in [0.05, 0.1) is 16.2 Å². The maximum absolute atomic E-state index is 12.7. The number of halogens is 2. The van der Waals surface area contributed by atoms with Crippen LogP contribution in [0.4, 0.5) is 0 Å². The minimum atomic E-state index is -0.313. The summed E-state index contributed by atoms with van der Waals surface area (Å²) in [6.45, 7) is 8.34. The molecule has 0 bridgehead atoms. The molecule has 1 amide bonds. The van der Waals surface area contributed by atoms with Crippen molar-refractivity contribution in [2.75, 3.05) is 6.54 Å². The van der Waals surface area contributed by atoms with Gasteiger partial charge in [-0.15, -0.1) is 0 Å². The number of aromatic nitrogens is 3. The Bertz CT molecular complexity index is 995. The minimum Gasteiger partial charge on any atom is -0.351 e. The van der Waals surface area contributed by atoms with Crippen LogP contribution in [0.1, 0.15) is 41.2 Å². The summed E-state index contributed by atoms with van der Waals surface area (Å²) in [5.74, 6) is -0.203.